The molecular formula is C24H23ClN4. The van der Waals surface area contributed by atoms with Crippen molar-refractivity contribution in [1.82, 2.24) is 19.9 Å². The van der Waals surface area contributed by atoms with Crippen LogP contribution in [0.15, 0.2) is 60.7 Å². The molecule has 2 aliphatic rings. The van der Waals surface area contributed by atoms with Crippen molar-refractivity contribution in [1.29, 1.82) is 0 Å². The van der Waals surface area contributed by atoms with E-state index in [9.17, 15) is 0 Å². The number of fused-ring (bicyclic) bond motifs is 2. The molecule has 0 saturated carbocycles. The van der Waals surface area contributed by atoms with Crippen LogP contribution < -0.4 is 0 Å². The Morgan fingerprint density at radius 2 is 1.76 bits per heavy atom. The number of nitrogens with zero attached hydrogens (tertiary/aromatic N) is 4. The average Bonchev–Trinajstić information content (AvgIpc) is 2.92. The summed E-state index contributed by atoms with van der Waals surface area (Å²) in [6.45, 7) is 2.95. The van der Waals surface area contributed by atoms with Crippen molar-refractivity contribution in [3.05, 3.63) is 93.8 Å². The second-order valence-electron chi connectivity index (χ2n) is 7.77. The minimum Gasteiger partial charge on any atom is -0.297 e. The second kappa shape index (κ2) is 8.05. The third-order valence-electron chi connectivity index (χ3n) is 5.97. The summed E-state index contributed by atoms with van der Waals surface area (Å²) >= 11 is 6.32. The van der Waals surface area contributed by atoms with Crippen LogP contribution in [0.1, 0.15) is 40.9 Å². The highest BCUT2D eigenvalue weighted by molar-refractivity contribution is 6.30. The molecule has 0 bridgehead atoms. The van der Waals surface area contributed by atoms with Crippen molar-refractivity contribution in [2.75, 3.05) is 13.1 Å². The minimum atomic E-state index is 0.812. The third-order valence-corrected chi connectivity index (χ3v) is 6.21. The third kappa shape index (κ3) is 3.83. The summed E-state index contributed by atoms with van der Waals surface area (Å²) in [5, 5.41) is 0.812. The molecule has 0 N–H and O–H groups in total. The number of pyridine rings is 1. The zero-order chi connectivity index (χ0) is 19.6. The van der Waals surface area contributed by atoms with E-state index < -0.39 is 0 Å². The first kappa shape index (κ1) is 18.5. The van der Waals surface area contributed by atoms with Crippen LogP contribution in [0, 0.1) is 0 Å². The molecule has 3 aromatic rings. The molecule has 1 aromatic carbocycles. The number of hydrogen-bond donors (Lipinski definition) is 0. The molecule has 4 nitrogen and oxygen atoms in total. The summed E-state index contributed by atoms with van der Waals surface area (Å²) in [6, 6.07) is 12.6. The first-order valence-corrected chi connectivity index (χ1v) is 10.6. The van der Waals surface area contributed by atoms with E-state index in [0.29, 0.717) is 0 Å². The Labute approximate surface area is 176 Å². The molecule has 1 aliphatic heterocycles. The van der Waals surface area contributed by atoms with Crippen LogP contribution in [-0.2, 0) is 19.4 Å². The van der Waals surface area contributed by atoms with Gasteiger partial charge in [-0.2, -0.15) is 0 Å². The predicted octanol–water partition coefficient (Wildman–Crippen LogP) is 4.72. The van der Waals surface area contributed by atoms with Crippen molar-refractivity contribution in [3.8, 4) is 0 Å². The number of hydrogen-bond acceptors (Lipinski definition) is 4. The highest BCUT2D eigenvalue weighted by Crippen LogP contribution is 2.38. The maximum atomic E-state index is 6.32. The van der Waals surface area contributed by atoms with E-state index in [2.05, 4.69) is 39.1 Å². The van der Waals surface area contributed by atoms with Gasteiger partial charge in [-0.1, -0.05) is 29.3 Å². The van der Waals surface area contributed by atoms with Gasteiger partial charge in [0.15, 0.2) is 0 Å². The summed E-state index contributed by atoms with van der Waals surface area (Å²) in [5.41, 5.74) is 9.07. The lowest BCUT2D eigenvalue weighted by Gasteiger charge is -2.30. The number of halogens is 1. The van der Waals surface area contributed by atoms with Gasteiger partial charge in [-0.3, -0.25) is 9.88 Å². The average molecular weight is 403 g/mol. The Hall–Kier alpha value is -2.56. The summed E-state index contributed by atoms with van der Waals surface area (Å²) < 4.78 is 0. The first-order chi connectivity index (χ1) is 14.3. The van der Waals surface area contributed by atoms with Crippen LogP contribution >= 0.6 is 11.6 Å². The molecule has 5 heteroatoms. The van der Waals surface area contributed by atoms with Crippen molar-refractivity contribution >= 4 is 17.2 Å². The van der Waals surface area contributed by atoms with Gasteiger partial charge in [0.05, 0.1) is 11.4 Å². The number of aryl methyl sites for hydroxylation is 2. The van der Waals surface area contributed by atoms with Gasteiger partial charge < -0.3 is 0 Å². The molecule has 0 amide bonds. The minimum absolute atomic E-state index is 0.812. The van der Waals surface area contributed by atoms with Gasteiger partial charge >= 0.3 is 0 Å². The van der Waals surface area contributed by atoms with E-state index >= 15 is 0 Å². The summed E-state index contributed by atoms with van der Waals surface area (Å²) in [6.07, 6.45) is 9.48. The van der Waals surface area contributed by atoms with Gasteiger partial charge in [0.25, 0.3) is 0 Å². The summed E-state index contributed by atoms with van der Waals surface area (Å²) in [7, 11) is 0. The van der Waals surface area contributed by atoms with E-state index in [0.717, 1.165) is 61.7 Å². The molecule has 29 heavy (non-hydrogen) atoms. The highest BCUT2D eigenvalue weighted by atomic mass is 35.5. The molecule has 0 radical (unpaired) electrons. The van der Waals surface area contributed by atoms with Gasteiger partial charge in [-0.25, -0.2) is 9.97 Å². The van der Waals surface area contributed by atoms with Crippen LogP contribution in [0.25, 0.3) is 5.57 Å². The monoisotopic (exact) mass is 402 g/mol. The SMILES string of the molecule is Clc1ccc2c(c1)CCc1cccnc1C2=C1CCN(Cc2ccncn2)CC1. The largest absolute Gasteiger partial charge is 0.297 e. The molecule has 0 atom stereocenters. The van der Waals surface area contributed by atoms with E-state index in [1.54, 1.807) is 6.33 Å². The number of rotatable bonds is 2. The number of piperidine rings is 1. The predicted molar refractivity (Wildman–Crippen MR) is 116 cm³/mol. The summed E-state index contributed by atoms with van der Waals surface area (Å²) in [4.78, 5) is 15.7. The highest BCUT2D eigenvalue weighted by Gasteiger charge is 2.25. The fourth-order valence-electron chi connectivity index (χ4n) is 4.51. The Morgan fingerprint density at radius 3 is 2.59 bits per heavy atom. The Bertz CT molecular complexity index is 1050. The quantitative estimate of drug-likeness (QED) is 0.621. The van der Waals surface area contributed by atoms with Crippen molar-refractivity contribution < 1.29 is 0 Å². The normalized spacial score (nSPS) is 16.9. The summed E-state index contributed by atoms with van der Waals surface area (Å²) in [5.74, 6) is 0. The molecular weight excluding hydrogens is 380 g/mol. The maximum Gasteiger partial charge on any atom is 0.115 e. The van der Waals surface area contributed by atoms with Crippen molar-refractivity contribution in [2.45, 2.75) is 32.2 Å². The van der Waals surface area contributed by atoms with Gasteiger partial charge in [-0.15, -0.1) is 0 Å². The molecule has 3 heterocycles. The number of likely N-dealkylation sites (tertiary alicyclic amines) is 1. The number of benzene rings is 1. The number of aromatic nitrogens is 3. The van der Waals surface area contributed by atoms with Gasteiger partial charge in [-0.05, 0) is 66.6 Å². The van der Waals surface area contributed by atoms with Crippen LogP contribution in [0.4, 0.5) is 0 Å². The standard InChI is InChI=1S/C24H23ClN4/c25-20-5-6-22-19(14-20)4-3-18-2-1-10-27-24(18)23(22)17-8-12-29(13-9-17)15-21-7-11-26-16-28-21/h1-2,5-7,10-11,14,16H,3-4,8-9,12-13,15H2. The topological polar surface area (TPSA) is 41.9 Å². The molecule has 0 unspecified atom stereocenters. The molecule has 1 saturated heterocycles. The molecule has 5 rings (SSSR count). The Balaban J connectivity index is 1.49. The Morgan fingerprint density at radius 1 is 0.897 bits per heavy atom. The smallest absolute Gasteiger partial charge is 0.115 e. The Kier molecular flexibility index (Phi) is 5.13. The zero-order valence-electron chi connectivity index (χ0n) is 16.3. The van der Waals surface area contributed by atoms with Crippen LogP contribution in [-0.4, -0.2) is 32.9 Å². The van der Waals surface area contributed by atoms with E-state index in [1.165, 1.54) is 27.8 Å². The van der Waals surface area contributed by atoms with Crippen LogP contribution in [0.5, 0.6) is 0 Å². The lowest BCUT2D eigenvalue weighted by atomic mass is 9.88. The van der Waals surface area contributed by atoms with Gasteiger partial charge in [0.2, 0.25) is 0 Å². The van der Waals surface area contributed by atoms with Gasteiger partial charge in [0, 0.05) is 42.6 Å². The van der Waals surface area contributed by atoms with Crippen molar-refractivity contribution in [2.24, 2.45) is 0 Å². The van der Waals surface area contributed by atoms with E-state index in [-0.39, 0.29) is 0 Å². The van der Waals surface area contributed by atoms with Crippen LogP contribution in [0.3, 0.4) is 0 Å². The van der Waals surface area contributed by atoms with Gasteiger partial charge in [0.1, 0.15) is 6.33 Å². The zero-order valence-corrected chi connectivity index (χ0v) is 17.1. The van der Waals surface area contributed by atoms with E-state index in [1.807, 2.05) is 24.5 Å². The lowest BCUT2D eigenvalue weighted by molar-refractivity contribution is 0.245. The fraction of sp³-hybridized carbons (Fsp3) is 0.292. The fourth-order valence-corrected chi connectivity index (χ4v) is 4.70. The van der Waals surface area contributed by atoms with Crippen molar-refractivity contribution in [3.63, 3.8) is 0 Å². The molecule has 1 aliphatic carbocycles. The van der Waals surface area contributed by atoms with Crippen LogP contribution in [0.2, 0.25) is 5.02 Å². The molecule has 0 spiro atoms. The van der Waals surface area contributed by atoms with E-state index in [4.69, 9.17) is 16.6 Å². The molecule has 1 fully saturated rings. The molecule has 2 aromatic heterocycles. The lowest BCUT2D eigenvalue weighted by Crippen LogP contribution is -2.31. The molecule has 146 valence electrons. The maximum absolute atomic E-state index is 6.32. The second-order valence-corrected chi connectivity index (χ2v) is 8.20. The first-order valence-electron chi connectivity index (χ1n) is 10.2.